The van der Waals surface area contributed by atoms with Crippen LogP contribution in [0.4, 0.5) is 4.39 Å². The zero-order chi connectivity index (χ0) is 13.7. The number of aliphatic hydroxyl groups is 1. The van der Waals surface area contributed by atoms with E-state index >= 15 is 0 Å². The molecule has 0 aliphatic carbocycles. The minimum absolute atomic E-state index is 0.0345. The lowest BCUT2D eigenvalue weighted by Gasteiger charge is -2.19. The van der Waals surface area contributed by atoms with Gasteiger partial charge in [0.1, 0.15) is 11.6 Å². The molecule has 0 saturated carbocycles. The highest BCUT2D eigenvalue weighted by molar-refractivity contribution is 5.94. The van der Waals surface area contributed by atoms with Crippen LogP contribution in [-0.4, -0.2) is 30.8 Å². The molecule has 0 aliphatic rings. The van der Waals surface area contributed by atoms with Crippen LogP contribution in [0.5, 0.6) is 5.75 Å². The first-order chi connectivity index (χ1) is 8.49. The Hall–Kier alpha value is -1.62. The summed E-state index contributed by atoms with van der Waals surface area (Å²) in [7, 11) is 1.43. The summed E-state index contributed by atoms with van der Waals surface area (Å²) in [6, 6.07) is 3.83. The summed E-state index contributed by atoms with van der Waals surface area (Å²) in [6.45, 7) is 3.53. The third-order valence-electron chi connectivity index (χ3n) is 2.92. The molecule has 2 unspecified atom stereocenters. The third-order valence-corrected chi connectivity index (χ3v) is 2.92. The lowest BCUT2D eigenvalue weighted by atomic mass is 10.0. The summed E-state index contributed by atoms with van der Waals surface area (Å²) in [4.78, 5) is 11.8. The fraction of sp³-hybridized carbons (Fsp3) is 0.462. The molecule has 100 valence electrons. The van der Waals surface area contributed by atoms with Crippen molar-refractivity contribution in [1.29, 1.82) is 0 Å². The molecule has 0 heterocycles. The van der Waals surface area contributed by atoms with Gasteiger partial charge < -0.3 is 15.2 Å². The fourth-order valence-electron chi connectivity index (χ4n) is 1.39. The van der Waals surface area contributed by atoms with Crippen molar-refractivity contribution in [1.82, 2.24) is 5.32 Å². The number of methoxy groups -OCH3 is 1. The summed E-state index contributed by atoms with van der Waals surface area (Å²) in [5, 5.41) is 11.6. The first kappa shape index (κ1) is 14.4. The van der Waals surface area contributed by atoms with Gasteiger partial charge in [-0.25, -0.2) is 4.39 Å². The van der Waals surface area contributed by atoms with Crippen molar-refractivity contribution in [2.24, 2.45) is 5.92 Å². The van der Waals surface area contributed by atoms with E-state index in [0.29, 0.717) is 5.75 Å². The minimum Gasteiger partial charge on any atom is -0.497 e. The standard InChI is InChI=1S/C13H18FNO3/c1-8(7-16)9(2)15-13(17)11-5-4-10(18-3)6-12(11)14/h4-6,8-9,16H,7H2,1-3H3,(H,15,17). The molecule has 1 aromatic rings. The summed E-state index contributed by atoms with van der Waals surface area (Å²) in [5.41, 5.74) is -0.0345. The zero-order valence-corrected chi connectivity index (χ0v) is 10.7. The summed E-state index contributed by atoms with van der Waals surface area (Å²) in [5.74, 6) is -0.852. The average Bonchev–Trinajstić information content (AvgIpc) is 2.37. The van der Waals surface area contributed by atoms with Crippen LogP contribution >= 0.6 is 0 Å². The van der Waals surface area contributed by atoms with Crippen LogP contribution in [0.3, 0.4) is 0 Å². The SMILES string of the molecule is COc1ccc(C(=O)NC(C)C(C)CO)c(F)c1. The van der Waals surface area contributed by atoms with Gasteiger partial charge in [-0.2, -0.15) is 0 Å². The molecule has 2 atom stereocenters. The molecule has 0 radical (unpaired) electrons. The number of halogens is 1. The van der Waals surface area contributed by atoms with E-state index in [4.69, 9.17) is 9.84 Å². The number of ether oxygens (including phenoxy) is 1. The van der Waals surface area contributed by atoms with Crippen molar-refractivity contribution in [2.75, 3.05) is 13.7 Å². The van der Waals surface area contributed by atoms with E-state index in [-0.39, 0.29) is 24.1 Å². The van der Waals surface area contributed by atoms with Crippen molar-refractivity contribution in [3.8, 4) is 5.75 Å². The van der Waals surface area contributed by atoms with Gasteiger partial charge in [-0.05, 0) is 25.0 Å². The Morgan fingerprint density at radius 1 is 1.50 bits per heavy atom. The van der Waals surface area contributed by atoms with Gasteiger partial charge in [-0.15, -0.1) is 0 Å². The van der Waals surface area contributed by atoms with Gasteiger partial charge in [0.25, 0.3) is 5.91 Å². The lowest BCUT2D eigenvalue weighted by Crippen LogP contribution is -2.38. The zero-order valence-electron chi connectivity index (χ0n) is 10.7. The van der Waals surface area contributed by atoms with Gasteiger partial charge in [0.05, 0.1) is 12.7 Å². The number of rotatable bonds is 5. The number of benzene rings is 1. The number of carbonyl (C=O) groups excluding carboxylic acids is 1. The van der Waals surface area contributed by atoms with E-state index in [1.807, 2.05) is 0 Å². The molecule has 1 aromatic carbocycles. The molecule has 5 heteroatoms. The number of hydrogen-bond donors (Lipinski definition) is 2. The molecule has 1 amide bonds. The van der Waals surface area contributed by atoms with Gasteiger partial charge >= 0.3 is 0 Å². The third kappa shape index (κ3) is 3.43. The van der Waals surface area contributed by atoms with Crippen molar-refractivity contribution < 1.29 is 19.0 Å². The van der Waals surface area contributed by atoms with Crippen molar-refractivity contribution in [3.63, 3.8) is 0 Å². The molecule has 0 aliphatic heterocycles. The van der Waals surface area contributed by atoms with Crippen LogP contribution in [0.2, 0.25) is 0 Å². The van der Waals surface area contributed by atoms with Crippen LogP contribution in [0, 0.1) is 11.7 Å². The Morgan fingerprint density at radius 2 is 2.17 bits per heavy atom. The highest BCUT2D eigenvalue weighted by Gasteiger charge is 2.17. The van der Waals surface area contributed by atoms with Gasteiger partial charge in [0.2, 0.25) is 0 Å². The maximum Gasteiger partial charge on any atom is 0.254 e. The normalized spacial score (nSPS) is 13.8. The fourth-order valence-corrected chi connectivity index (χ4v) is 1.39. The van der Waals surface area contributed by atoms with Gasteiger partial charge in [0, 0.05) is 18.7 Å². The maximum absolute atomic E-state index is 13.6. The molecular weight excluding hydrogens is 237 g/mol. The van der Waals surface area contributed by atoms with Crippen LogP contribution < -0.4 is 10.1 Å². The first-order valence-electron chi connectivity index (χ1n) is 5.74. The summed E-state index contributed by atoms with van der Waals surface area (Å²) < 4.78 is 18.5. The topological polar surface area (TPSA) is 58.6 Å². The summed E-state index contributed by atoms with van der Waals surface area (Å²) >= 11 is 0. The Morgan fingerprint density at radius 3 is 2.67 bits per heavy atom. The van der Waals surface area contributed by atoms with Crippen LogP contribution in [0.1, 0.15) is 24.2 Å². The van der Waals surface area contributed by atoms with E-state index in [1.54, 1.807) is 13.8 Å². The molecule has 0 fully saturated rings. The van der Waals surface area contributed by atoms with Crippen molar-refractivity contribution in [2.45, 2.75) is 19.9 Å². The Bertz CT molecular complexity index is 423. The molecule has 18 heavy (non-hydrogen) atoms. The lowest BCUT2D eigenvalue weighted by molar-refractivity contribution is 0.0912. The van der Waals surface area contributed by atoms with E-state index in [1.165, 1.54) is 19.2 Å². The van der Waals surface area contributed by atoms with Gasteiger partial charge in [0.15, 0.2) is 0 Å². The molecular formula is C13H18FNO3. The number of hydrogen-bond acceptors (Lipinski definition) is 3. The molecule has 0 aromatic heterocycles. The molecule has 4 nitrogen and oxygen atoms in total. The molecule has 0 bridgehead atoms. The largest absolute Gasteiger partial charge is 0.497 e. The average molecular weight is 255 g/mol. The smallest absolute Gasteiger partial charge is 0.254 e. The number of aliphatic hydroxyl groups excluding tert-OH is 1. The minimum atomic E-state index is -0.629. The van der Waals surface area contributed by atoms with E-state index in [0.717, 1.165) is 6.07 Å². The summed E-state index contributed by atoms with van der Waals surface area (Å²) in [6.07, 6.45) is 0. The Balaban J connectivity index is 2.78. The first-order valence-corrected chi connectivity index (χ1v) is 5.74. The van der Waals surface area contributed by atoms with E-state index < -0.39 is 11.7 Å². The predicted molar refractivity (Wildman–Crippen MR) is 66.1 cm³/mol. The van der Waals surface area contributed by atoms with E-state index in [9.17, 15) is 9.18 Å². The van der Waals surface area contributed by atoms with Gasteiger partial charge in [-0.3, -0.25) is 4.79 Å². The van der Waals surface area contributed by atoms with E-state index in [2.05, 4.69) is 5.32 Å². The number of nitrogens with one attached hydrogen (secondary N) is 1. The molecule has 2 N–H and O–H groups in total. The van der Waals surface area contributed by atoms with Crippen LogP contribution in [0.15, 0.2) is 18.2 Å². The second-order valence-electron chi connectivity index (χ2n) is 4.27. The highest BCUT2D eigenvalue weighted by Crippen LogP contribution is 2.16. The van der Waals surface area contributed by atoms with Crippen LogP contribution in [-0.2, 0) is 0 Å². The number of carbonyl (C=O) groups is 1. The highest BCUT2D eigenvalue weighted by atomic mass is 19.1. The molecule has 0 saturated heterocycles. The number of amides is 1. The van der Waals surface area contributed by atoms with Gasteiger partial charge in [-0.1, -0.05) is 6.92 Å². The molecule has 1 rings (SSSR count). The monoisotopic (exact) mass is 255 g/mol. The quantitative estimate of drug-likeness (QED) is 0.840. The maximum atomic E-state index is 13.6. The predicted octanol–water partition coefficient (Wildman–Crippen LogP) is 1.58. The van der Waals surface area contributed by atoms with Crippen LogP contribution in [0.25, 0.3) is 0 Å². The second-order valence-corrected chi connectivity index (χ2v) is 4.27. The Kier molecular flexibility index (Phi) is 5.09. The van der Waals surface area contributed by atoms with Crippen molar-refractivity contribution in [3.05, 3.63) is 29.6 Å². The van der Waals surface area contributed by atoms with Crippen molar-refractivity contribution >= 4 is 5.91 Å². The Labute approximate surface area is 106 Å². The second kappa shape index (κ2) is 6.35. The molecule has 0 spiro atoms.